The Morgan fingerprint density at radius 3 is 1.84 bits per heavy atom. The second kappa shape index (κ2) is 18.1. The topological polar surface area (TPSA) is 24.9 Å². The third-order valence-electron chi connectivity index (χ3n) is 4.95. The second-order valence-corrected chi connectivity index (χ2v) is 7.97. The minimum Gasteiger partial charge on any atom is -0.494 e. The van der Waals surface area contributed by atoms with Crippen molar-refractivity contribution in [1.29, 1.82) is 0 Å². The summed E-state index contributed by atoms with van der Waals surface area (Å²) in [6.45, 7) is 4.85. The van der Waals surface area contributed by atoms with Gasteiger partial charge in [-0.15, -0.1) is 24.8 Å². The summed E-state index contributed by atoms with van der Waals surface area (Å²) in [5, 5.41) is 0. The first-order valence-corrected chi connectivity index (χ1v) is 10.9. The van der Waals surface area contributed by atoms with Gasteiger partial charge in [0, 0.05) is 13.1 Å². The molecule has 0 aliphatic rings. The highest BCUT2D eigenvalue weighted by atomic mass is 35.5. The summed E-state index contributed by atoms with van der Waals surface area (Å²) in [7, 11) is 6.48. The standard InChI is InChI=1S/C25H38N2O2.2ClH/c1-26(2)19-20-27(3)18-10-5-4-6-11-21-28-24-14-16-25(17-15-24)29-22-23-12-8-7-9-13-23;;/h7-9,12-17H,4-6,10-11,18-22H2,1-3H3;2*1H. The molecule has 0 aromatic heterocycles. The second-order valence-electron chi connectivity index (χ2n) is 7.97. The predicted molar refractivity (Wildman–Crippen MR) is 136 cm³/mol. The zero-order valence-corrected chi connectivity index (χ0v) is 20.9. The Morgan fingerprint density at radius 2 is 1.19 bits per heavy atom. The van der Waals surface area contributed by atoms with Crippen LogP contribution < -0.4 is 9.47 Å². The smallest absolute Gasteiger partial charge is 0.120 e. The molecule has 0 spiro atoms. The van der Waals surface area contributed by atoms with E-state index in [9.17, 15) is 0 Å². The first kappa shape index (κ1) is 29.5. The molecule has 176 valence electrons. The normalized spacial score (nSPS) is 10.5. The van der Waals surface area contributed by atoms with E-state index in [0.717, 1.165) is 37.6 Å². The maximum Gasteiger partial charge on any atom is 0.120 e. The van der Waals surface area contributed by atoms with E-state index in [-0.39, 0.29) is 24.8 Å². The molecule has 0 radical (unpaired) electrons. The van der Waals surface area contributed by atoms with Crippen LogP contribution in [-0.4, -0.2) is 57.2 Å². The molecule has 2 rings (SSSR count). The van der Waals surface area contributed by atoms with Crippen LogP contribution in [0.2, 0.25) is 0 Å². The van der Waals surface area contributed by atoms with Gasteiger partial charge < -0.3 is 19.3 Å². The van der Waals surface area contributed by atoms with Crippen molar-refractivity contribution in [3.63, 3.8) is 0 Å². The SMILES string of the molecule is CN(C)CCN(C)CCCCCCCOc1ccc(OCc2ccccc2)cc1.Cl.Cl. The van der Waals surface area contributed by atoms with Crippen molar-refractivity contribution in [1.82, 2.24) is 9.80 Å². The van der Waals surface area contributed by atoms with Gasteiger partial charge in [0.2, 0.25) is 0 Å². The van der Waals surface area contributed by atoms with Gasteiger partial charge in [0.05, 0.1) is 6.61 Å². The van der Waals surface area contributed by atoms with Crippen LogP contribution in [0, 0.1) is 0 Å². The fourth-order valence-corrected chi connectivity index (χ4v) is 3.06. The number of hydrogen-bond acceptors (Lipinski definition) is 4. The first-order chi connectivity index (χ1) is 14.1. The molecule has 0 saturated heterocycles. The highest BCUT2D eigenvalue weighted by Gasteiger charge is 2.00. The predicted octanol–water partition coefficient (Wildman–Crippen LogP) is 5.93. The van der Waals surface area contributed by atoms with Gasteiger partial charge in [-0.2, -0.15) is 0 Å². The van der Waals surface area contributed by atoms with E-state index >= 15 is 0 Å². The van der Waals surface area contributed by atoms with E-state index in [1.165, 1.54) is 37.8 Å². The number of likely N-dealkylation sites (N-methyl/N-ethyl adjacent to an activating group) is 2. The maximum atomic E-state index is 5.85. The number of benzene rings is 2. The van der Waals surface area contributed by atoms with E-state index in [1.54, 1.807) is 0 Å². The lowest BCUT2D eigenvalue weighted by Crippen LogP contribution is -2.29. The van der Waals surface area contributed by atoms with Crippen LogP contribution in [0.5, 0.6) is 11.5 Å². The molecule has 0 aliphatic heterocycles. The zero-order chi connectivity index (χ0) is 20.7. The molecular formula is C25H40Cl2N2O2. The average Bonchev–Trinajstić information content (AvgIpc) is 2.74. The monoisotopic (exact) mass is 470 g/mol. The van der Waals surface area contributed by atoms with Crippen molar-refractivity contribution in [3.8, 4) is 11.5 Å². The molecule has 31 heavy (non-hydrogen) atoms. The Bertz CT molecular complexity index is 654. The van der Waals surface area contributed by atoms with E-state index in [0.29, 0.717) is 6.61 Å². The number of hydrogen-bond donors (Lipinski definition) is 0. The maximum absolute atomic E-state index is 5.85. The van der Waals surface area contributed by atoms with Crippen molar-refractivity contribution in [2.24, 2.45) is 0 Å². The van der Waals surface area contributed by atoms with E-state index in [4.69, 9.17) is 9.47 Å². The Kier molecular flexibility index (Phi) is 17.3. The molecular weight excluding hydrogens is 431 g/mol. The summed E-state index contributed by atoms with van der Waals surface area (Å²) in [5.41, 5.74) is 1.17. The molecule has 4 nitrogen and oxygen atoms in total. The lowest BCUT2D eigenvalue weighted by molar-refractivity contribution is 0.275. The zero-order valence-electron chi connectivity index (χ0n) is 19.3. The highest BCUT2D eigenvalue weighted by molar-refractivity contribution is 5.85. The van der Waals surface area contributed by atoms with Crippen LogP contribution in [0.1, 0.15) is 37.7 Å². The van der Waals surface area contributed by atoms with Gasteiger partial charge in [0.25, 0.3) is 0 Å². The minimum atomic E-state index is 0. The van der Waals surface area contributed by atoms with E-state index in [2.05, 4.69) is 43.1 Å². The summed E-state index contributed by atoms with van der Waals surface area (Å²) in [4.78, 5) is 4.66. The third kappa shape index (κ3) is 14.3. The van der Waals surface area contributed by atoms with Crippen molar-refractivity contribution < 1.29 is 9.47 Å². The summed E-state index contributed by atoms with van der Waals surface area (Å²) in [6, 6.07) is 18.1. The molecule has 0 N–H and O–H groups in total. The lowest BCUT2D eigenvalue weighted by Gasteiger charge is -2.19. The molecule has 2 aromatic carbocycles. The van der Waals surface area contributed by atoms with Gasteiger partial charge in [-0.1, -0.05) is 49.6 Å². The lowest BCUT2D eigenvalue weighted by atomic mass is 10.1. The van der Waals surface area contributed by atoms with E-state index < -0.39 is 0 Å². The van der Waals surface area contributed by atoms with Gasteiger partial charge in [0.1, 0.15) is 18.1 Å². The van der Waals surface area contributed by atoms with Crippen LogP contribution in [0.3, 0.4) is 0 Å². The molecule has 0 bridgehead atoms. The molecule has 0 heterocycles. The van der Waals surface area contributed by atoms with E-state index in [1.807, 2.05) is 42.5 Å². The quantitative estimate of drug-likeness (QED) is 0.301. The Labute approximate surface area is 201 Å². The van der Waals surface area contributed by atoms with Crippen molar-refractivity contribution in [2.75, 3.05) is 47.4 Å². The molecule has 0 fully saturated rings. The highest BCUT2D eigenvalue weighted by Crippen LogP contribution is 2.19. The molecule has 0 amide bonds. The molecule has 0 saturated carbocycles. The molecule has 2 aromatic rings. The summed E-state index contributed by atoms with van der Waals surface area (Å²) in [6.07, 6.45) is 6.23. The summed E-state index contributed by atoms with van der Waals surface area (Å²) in [5.74, 6) is 1.79. The van der Waals surface area contributed by atoms with Gasteiger partial charge in [-0.05, 0) is 70.4 Å². The van der Waals surface area contributed by atoms with Crippen molar-refractivity contribution in [2.45, 2.75) is 38.7 Å². The molecule has 0 atom stereocenters. The van der Waals surface area contributed by atoms with Crippen LogP contribution in [-0.2, 0) is 6.61 Å². The summed E-state index contributed by atoms with van der Waals surface area (Å²) < 4.78 is 11.7. The molecule has 0 aliphatic carbocycles. The number of ether oxygens (including phenoxy) is 2. The third-order valence-corrected chi connectivity index (χ3v) is 4.95. The fraction of sp³-hybridized carbons (Fsp3) is 0.520. The number of nitrogens with zero attached hydrogens (tertiary/aromatic N) is 2. The average molecular weight is 472 g/mol. The van der Waals surface area contributed by atoms with Crippen LogP contribution >= 0.6 is 24.8 Å². The Hall–Kier alpha value is -1.46. The van der Waals surface area contributed by atoms with Gasteiger partial charge >= 0.3 is 0 Å². The van der Waals surface area contributed by atoms with Crippen LogP contribution in [0.25, 0.3) is 0 Å². The Morgan fingerprint density at radius 1 is 0.613 bits per heavy atom. The number of unbranched alkanes of at least 4 members (excludes halogenated alkanes) is 4. The van der Waals surface area contributed by atoms with Gasteiger partial charge in [0.15, 0.2) is 0 Å². The fourth-order valence-electron chi connectivity index (χ4n) is 3.06. The van der Waals surface area contributed by atoms with Crippen molar-refractivity contribution >= 4 is 24.8 Å². The Balaban J connectivity index is 0.00000450. The van der Waals surface area contributed by atoms with Crippen molar-refractivity contribution in [3.05, 3.63) is 60.2 Å². The van der Waals surface area contributed by atoms with Crippen LogP contribution in [0.15, 0.2) is 54.6 Å². The largest absolute Gasteiger partial charge is 0.494 e. The minimum absolute atomic E-state index is 0. The van der Waals surface area contributed by atoms with Gasteiger partial charge in [-0.3, -0.25) is 0 Å². The number of rotatable bonds is 15. The van der Waals surface area contributed by atoms with Gasteiger partial charge in [-0.25, -0.2) is 0 Å². The summed E-state index contributed by atoms with van der Waals surface area (Å²) >= 11 is 0. The first-order valence-electron chi connectivity index (χ1n) is 10.9. The molecule has 0 unspecified atom stereocenters. The molecule has 6 heteroatoms. The number of halogens is 2. The van der Waals surface area contributed by atoms with Crippen LogP contribution in [0.4, 0.5) is 0 Å².